The van der Waals surface area contributed by atoms with Crippen molar-refractivity contribution in [2.45, 2.75) is 142 Å². The molecule has 2 fully saturated rings. The second-order valence-electron chi connectivity index (χ2n) is 20.1. The predicted molar refractivity (Wildman–Crippen MR) is 251 cm³/mol. The molecule has 6 N–H and O–H groups in total. The summed E-state index contributed by atoms with van der Waals surface area (Å²) < 4.78 is 10.8. The Morgan fingerprint density at radius 3 is 1.62 bits per heavy atom. The molecule has 2 aromatic carbocycles. The maximum atomic E-state index is 14.5. The molecular formula is C49H74N8O9. The number of likely N-dealkylation sites (tertiary alicyclic amines) is 2. The van der Waals surface area contributed by atoms with Crippen LogP contribution in [0.3, 0.4) is 0 Å². The zero-order chi connectivity index (χ0) is 48.7. The summed E-state index contributed by atoms with van der Waals surface area (Å²) in [5, 5.41) is 16.9. The van der Waals surface area contributed by atoms with E-state index in [1.54, 1.807) is 58.4 Å². The van der Waals surface area contributed by atoms with E-state index in [1.165, 1.54) is 0 Å². The molecule has 0 saturated carbocycles. The molecule has 0 radical (unpaired) electrons. The van der Waals surface area contributed by atoms with Crippen molar-refractivity contribution in [3.05, 3.63) is 71.8 Å². The van der Waals surface area contributed by atoms with Gasteiger partial charge in [0.2, 0.25) is 23.6 Å². The van der Waals surface area contributed by atoms with Crippen LogP contribution in [0, 0.1) is 11.3 Å². The van der Waals surface area contributed by atoms with Gasteiger partial charge < -0.3 is 51.2 Å². The van der Waals surface area contributed by atoms with Gasteiger partial charge in [0.15, 0.2) is 0 Å². The average molecular weight is 919 g/mol. The Labute approximate surface area is 390 Å². The van der Waals surface area contributed by atoms with E-state index in [4.69, 9.17) is 9.47 Å². The third-order valence-corrected chi connectivity index (χ3v) is 11.4. The number of urea groups is 1. The number of rotatable bonds is 19. The maximum Gasteiger partial charge on any atom is 0.408 e. The van der Waals surface area contributed by atoms with Crippen LogP contribution in [-0.2, 0) is 41.5 Å². The van der Waals surface area contributed by atoms with E-state index in [1.807, 2.05) is 74.5 Å². The first-order valence-corrected chi connectivity index (χ1v) is 23.3. The maximum absolute atomic E-state index is 14.5. The number of nitrogens with one attached hydrogen (secondary N) is 6. The highest BCUT2D eigenvalue weighted by Crippen LogP contribution is 2.39. The lowest BCUT2D eigenvalue weighted by Crippen LogP contribution is -2.59. The molecule has 17 nitrogen and oxygen atoms in total. The molecule has 17 heteroatoms. The Balaban J connectivity index is 1.55. The summed E-state index contributed by atoms with van der Waals surface area (Å²) in [7, 11) is 1.59. The van der Waals surface area contributed by atoms with Crippen molar-refractivity contribution in [2.24, 2.45) is 11.3 Å². The summed E-state index contributed by atoms with van der Waals surface area (Å²) in [4.78, 5) is 98.7. The van der Waals surface area contributed by atoms with E-state index >= 15 is 0 Å². The average Bonchev–Trinajstić information content (AvgIpc) is 3.86. The Bertz CT molecular complexity index is 1950. The summed E-state index contributed by atoms with van der Waals surface area (Å²) in [5.74, 6) is -2.12. The van der Waals surface area contributed by atoms with Gasteiger partial charge in [-0.2, -0.15) is 0 Å². The monoisotopic (exact) mass is 919 g/mol. The van der Waals surface area contributed by atoms with Crippen molar-refractivity contribution in [1.29, 1.82) is 0 Å². The largest absolute Gasteiger partial charge is 0.444 e. The number of ether oxygens (including phenoxy) is 2. The molecule has 1 spiro atoms. The number of nitrogens with zero attached hydrogens (tertiary/aromatic N) is 2. The summed E-state index contributed by atoms with van der Waals surface area (Å²) in [6.07, 6.45) is 1.78. The fourth-order valence-corrected chi connectivity index (χ4v) is 8.27. The van der Waals surface area contributed by atoms with Gasteiger partial charge in [0, 0.05) is 58.0 Å². The molecule has 0 aliphatic carbocycles. The molecule has 2 aliphatic heterocycles. The molecule has 2 aliphatic rings. The highest BCUT2D eigenvalue weighted by Gasteiger charge is 2.47. The SMILES string of the molecule is CNC(=O)N1CCC2(CCN(C(=O)C(CCCCNC(=O)OC(C)(C)C)NC(=O)C(CC(C)C)NC(=O)C(Cc3ccccc3)NC(=O)C(Cc3ccccc3)NC(=O)OC(C)(C)C)C2)C1. The zero-order valence-electron chi connectivity index (χ0n) is 40.4. The molecule has 0 aromatic heterocycles. The molecule has 2 heterocycles. The lowest BCUT2D eigenvalue weighted by molar-refractivity contribution is -0.137. The van der Waals surface area contributed by atoms with Gasteiger partial charge in [-0.3, -0.25) is 19.2 Å². The Kier molecular flexibility index (Phi) is 19.2. The summed E-state index contributed by atoms with van der Waals surface area (Å²) in [6, 6.07) is 13.8. The number of benzene rings is 2. The minimum absolute atomic E-state index is 0.0614. The van der Waals surface area contributed by atoms with Gasteiger partial charge in [0.1, 0.15) is 35.4 Å². The van der Waals surface area contributed by atoms with Gasteiger partial charge in [0.05, 0.1) is 0 Å². The lowest BCUT2D eigenvalue weighted by Gasteiger charge is -2.30. The molecule has 8 amide bonds. The molecule has 364 valence electrons. The highest BCUT2D eigenvalue weighted by molar-refractivity contribution is 5.95. The van der Waals surface area contributed by atoms with E-state index in [0.29, 0.717) is 52.0 Å². The number of hydrogen-bond acceptors (Lipinski definition) is 9. The minimum Gasteiger partial charge on any atom is -0.444 e. The summed E-state index contributed by atoms with van der Waals surface area (Å²) >= 11 is 0. The first kappa shape index (κ1) is 52.8. The van der Waals surface area contributed by atoms with Crippen LogP contribution in [0.15, 0.2) is 60.7 Å². The fraction of sp³-hybridized carbons (Fsp3) is 0.612. The van der Waals surface area contributed by atoms with Crippen LogP contribution >= 0.6 is 0 Å². The topological polar surface area (TPSA) is 217 Å². The van der Waals surface area contributed by atoms with Crippen LogP contribution < -0.4 is 31.9 Å². The zero-order valence-corrected chi connectivity index (χ0v) is 40.4. The Morgan fingerprint density at radius 2 is 1.09 bits per heavy atom. The summed E-state index contributed by atoms with van der Waals surface area (Å²) in [5.41, 5.74) is -0.214. The fourth-order valence-electron chi connectivity index (χ4n) is 8.27. The third kappa shape index (κ3) is 17.5. The van der Waals surface area contributed by atoms with Crippen molar-refractivity contribution in [3.63, 3.8) is 0 Å². The first-order valence-electron chi connectivity index (χ1n) is 23.3. The first-order chi connectivity index (χ1) is 31.0. The molecule has 0 bridgehead atoms. The van der Waals surface area contributed by atoms with Crippen LogP contribution in [0.2, 0.25) is 0 Å². The van der Waals surface area contributed by atoms with Crippen LogP contribution in [0.4, 0.5) is 14.4 Å². The van der Waals surface area contributed by atoms with E-state index in [2.05, 4.69) is 31.9 Å². The van der Waals surface area contributed by atoms with Crippen molar-refractivity contribution in [2.75, 3.05) is 39.8 Å². The van der Waals surface area contributed by atoms with Crippen molar-refractivity contribution < 1.29 is 43.0 Å². The van der Waals surface area contributed by atoms with Gasteiger partial charge in [-0.15, -0.1) is 0 Å². The number of hydrogen-bond donors (Lipinski definition) is 6. The van der Waals surface area contributed by atoms with Gasteiger partial charge >= 0.3 is 18.2 Å². The molecule has 66 heavy (non-hydrogen) atoms. The van der Waals surface area contributed by atoms with E-state index < -0.39 is 65.3 Å². The molecule has 5 unspecified atom stereocenters. The van der Waals surface area contributed by atoms with Gasteiger partial charge in [0.25, 0.3) is 0 Å². The molecule has 2 aromatic rings. The minimum atomic E-state index is -1.17. The van der Waals surface area contributed by atoms with E-state index in [9.17, 15) is 33.6 Å². The highest BCUT2D eigenvalue weighted by atomic mass is 16.6. The number of amides is 8. The van der Waals surface area contributed by atoms with E-state index in [0.717, 1.165) is 17.5 Å². The third-order valence-electron chi connectivity index (χ3n) is 11.4. The Morgan fingerprint density at radius 1 is 0.621 bits per heavy atom. The van der Waals surface area contributed by atoms with Crippen molar-refractivity contribution in [1.82, 2.24) is 41.7 Å². The Hall–Kier alpha value is -5.87. The standard InChI is InChI=1S/C49H74N8O9/c1-33(2)28-37(53-41(59)38(29-34-18-12-10-13-19-34)54-42(60)39(30-35-20-14-11-15-21-35)55-46(64)66-48(6,7)8)40(58)52-36(22-16-17-25-51-45(63)65-47(3,4)5)43(61)56-26-23-49(31-56)24-27-57(32-49)44(62)50-9/h10-15,18-21,33,36-39H,16-17,22-32H2,1-9H3,(H,50,62)(H,51,63)(H,52,58)(H,53,59)(H,54,60)(H,55,64). The second-order valence-corrected chi connectivity index (χ2v) is 20.1. The van der Waals surface area contributed by atoms with Gasteiger partial charge in [-0.1, -0.05) is 74.5 Å². The number of carbonyl (C=O) groups is 7. The molecule has 5 atom stereocenters. The van der Waals surface area contributed by atoms with Crippen LogP contribution in [-0.4, -0.2) is 127 Å². The van der Waals surface area contributed by atoms with Gasteiger partial charge in [-0.25, -0.2) is 14.4 Å². The summed E-state index contributed by atoms with van der Waals surface area (Å²) in [6.45, 7) is 16.6. The molecule has 2 saturated heterocycles. The molecular weight excluding hydrogens is 845 g/mol. The van der Waals surface area contributed by atoms with Crippen LogP contribution in [0.1, 0.15) is 105 Å². The van der Waals surface area contributed by atoms with Gasteiger partial charge in [-0.05, 0) is 97.1 Å². The number of unbranched alkanes of at least 4 members (excludes halogenated alkanes) is 1. The smallest absolute Gasteiger partial charge is 0.408 e. The normalized spacial score (nSPS) is 17.8. The van der Waals surface area contributed by atoms with E-state index in [-0.39, 0.29) is 49.0 Å². The quantitative estimate of drug-likeness (QED) is 0.106. The van der Waals surface area contributed by atoms with Crippen molar-refractivity contribution in [3.8, 4) is 0 Å². The number of alkyl carbamates (subject to hydrolysis) is 2. The van der Waals surface area contributed by atoms with Crippen LogP contribution in [0.5, 0.6) is 0 Å². The van der Waals surface area contributed by atoms with Crippen LogP contribution in [0.25, 0.3) is 0 Å². The predicted octanol–water partition coefficient (Wildman–Crippen LogP) is 4.82. The van der Waals surface area contributed by atoms with Crippen molar-refractivity contribution >= 4 is 41.8 Å². The molecule has 4 rings (SSSR count). The number of carbonyl (C=O) groups excluding carboxylic acids is 7. The second kappa shape index (κ2) is 24.1. The lowest BCUT2D eigenvalue weighted by atomic mass is 9.86.